The molecule has 1 aromatic carbocycles. The molecule has 0 spiro atoms. The molecule has 11 nitrogen and oxygen atoms in total. The summed E-state index contributed by atoms with van der Waals surface area (Å²) in [6.07, 6.45) is 5.85. The summed E-state index contributed by atoms with van der Waals surface area (Å²) in [5.41, 5.74) is 1.99. The number of hydrogen-bond donors (Lipinski definition) is 2. The van der Waals surface area contributed by atoms with Gasteiger partial charge in [-0.3, -0.25) is 9.52 Å². The highest BCUT2D eigenvalue weighted by Gasteiger charge is 2.33. The van der Waals surface area contributed by atoms with Crippen LogP contribution in [0, 0.1) is 0 Å². The number of likely N-dealkylation sites (N-methyl/N-ethyl adjacent to an activating group) is 1. The van der Waals surface area contributed by atoms with Gasteiger partial charge in [0.05, 0.1) is 29.2 Å². The third kappa shape index (κ3) is 5.31. The summed E-state index contributed by atoms with van der Waals surface area (Å²) in [5, 5.41) is 8.80. The zero-order chi connectivity index (χ0) is 28.0. The number of piperidine rings is 1. The number of aromatic nitrogens is 3. The molecule has 3 saturated heterocycles. The maximum absolute atomic E-state index is 14.0. The number of carbonyl (C=O) groups is 1. The lowest BCUT2D eigenvalue weighted by molar-refractivity contribution is 0.0607. The van der Waals surface area contributed by atoms with Crippen LogP contribution in [0.4, 0.5) is 17.3 Å². The summed E-state index contributed by atoms with van der Waals surface area (Å²) in [6.45, 7) is 4.35. The number of sulfonamides is 1. The summed E-state index contributed by atoms with van der Waals surface area (Å²) < 4.78 is 28.4. The van der Waals surface area contributed by atoms with E-state index >= 15 is 0 Å². The van der Waals surface area contributed by atoms with Crippen molar-refractivity contribution in [3.05, 3.63) is 46.6 Å². The van der Waals surface area contributed by atoms with E-state index in [4.69, 9.17) is 21.7 Å². The zero-order valence-corrected chi connectivity index (χ0v) is 24.4. The van der Waals surface area contributed by atoms with E-state index in [1.54, 1.807) is 11.0 Å². The molecule has 0 radical (unpaired) electrons. The standard InChI is InChI=1S/C27H35ClN8O3S/c1-29-19-9-13-34(17-19)26-16-24(33-10-5-11-33)30-25-15-22(31-36(25)26)23-6-3-4-12-35(23)27(37)20-14-18(28)7-8-21(20)32-40(2,38)39/h7-8,14-16,19,23,29,32H,3-6,9-13,17H2,1-2H3/t19-,23+/m1/s1. The van der Waals surface area contributed by atoms with Gasteiger partial charge in [-0.05, 0) is 57.4 Å². The fraction of sp³-hybridized carbons (Fsp3) is 0.519. The van der Waals surface area contributed by atoms with E-state index < -0.39 is 10.0 Å². The van der Waals surface area contributed by atoms with Crippen molar-refractivity contribution < 1.29 is 13.2 Å². The number of carbonyl (C=O) groups excluding carboxylic acids is 1. The Kier molecular flexibility index (Phi) is 7.26. The van der Waals surface area contributed by atoms with Gasteiger partial charge in [-0.2, -0.15) is 9.61 Å². The van der Waals surface area contributed by atoms with Gasteiger partial charge in [0.25, 0.3) is 5.91 Å². The van der Waals surface area contributed by atoms with Crippen LogP contribution in [0.15, 0.2) is 30.3 Å². The molecule has 3 aliphatic heterocycles. The normalized spacial score (nSPS) is 21.6. The Morgan fingerprint density at radius 1 is 1.02 bits per heavy atom. The molecule has 5 heterocycles. The van der Waals surface area contributed by atoms with Crippen molar-refractivity contribution >= 4 is 50.5 Å². The van der Waals surface area contributed by atoms with Crippen molar-refractivity contribution in [1.29, 1.82) is 0 Å². The first-order valence-electron chi connectivity index (χ1n) is 13.9. The second-order valence-electron chi connectivity index (χ2n) is 10.9. The van der Waals surface area contributed by atoms with Gasteiger partial charge < -0.3 is 20.0 Å². The van der Waals surface area contributed by atoms with Crippen molar-refractivity contribution in [3.8, 4) is 0 Å². The fourth-order valence-corrected chi connectivity index (χ4v) is 6.63. The molecule has 0 unspecified atom stereocenters. The summed E-state index contributed by atoms with van der Waals surface area (Å²) in [7, 11) is -1.59. The summed E-state index contributed by atoms with van der Waals surface area (Å²) in [5.74, 6) is 1.69. The number of halogens is 1. The number of nitrogens with zero attached hydrogens (tertiary/aromatic N) is 6. The van der Waals surface area contributed by atoms with Crippen LogP contribution >= 0.6 is 11.6 Å². The minimum absolute atomic E-state index is 0.215. The summed E-state index contributed by atoms with van der Waals surface area (Å²) >= 11 is 6.25. The monoisotopic (exact) mass is 586 g/mol. The molecule has 40 heavy (non-hydrogen) atoms. The first-order valence-corrected chi connectivity index (χ1v) is 16.1. The van der Waals surface area contributed by atoms with Gasteiger partial charge in [-0.25, -0.2) is 13.4 Å². The molecule has 3 aromatic rings. The molecule has 1 amide bonds. The van der Waals surface area contributed by atoms with E-state index in [1.807, 2.05) is 17.6 Å². The highest BCUT2D eigenvalue weighted by atomic mass is 35.5. The number of nitrogens with one attached hydrogen (secondary N) is 2. The number of anilines is 3. The molecular weight excluding hydrogens is 552 g/mol. The Morgan fingerprint density at radius 2 is 1.85 bits per heavy atom. The zero-order valence-electron chi connectivity index (χ0n) is 22.8. The molecule has 6 rings (SSSR count). The second-order valence-corrected chi connectivity index (χ2v) is 13.1. The molecule has 0 aliphatic carbocycles. The second kappa shape index (κ2) is 10.7. The Bertz CT molecular complexity index is 1540. The predicted octanol–water partition coefficient (Wildman–Crippen LogP) is 3.13. The Morgan fingerprint density at radius 3 is 2.55 bits per heavy atom. The predicted molar refractivity (Wildman–Crippen MR) is 157 cm³/mol. The minimum atomic E-state index is -3.59. The van der Waals surface area contributed by atoms with E-state index in [2.05, 4.69) is 25.9 Å². The molecule has 2 atom stereocenters. The van der Waals surface area contributed by atoms with Gasteiger partial charge in [0.15, 0.2) is 5.65 Å². The van der Waals surface area contributed by atoms with E-state index in [0.29, 0.717) is 17.6 Å². The highest BCUT2D eigenvalue weighted by molar-refractivity contribution is 7.92. The van der Waals surface area contributed by atoms with Gasteiger partial charge in [0, 0.05) is 55.9 Å². The van der Waals surface area contributed by atoms with E-state index in [9.17, 15) is 13.2 Å². The largest absolute Gasteiger partial charge is 0.356 e. The van der Waals surface area contributed by atoms with Crippen LogP contribution in [-0.4, -0.2) is 85.9 Å². The van der Waals surface area contributed by atoms with Crippen LogP contribution in [0.5, 0.6) is 0 Å². The maximum atomic E-state index is 14.0. The van der Waals surface area contributed by atoms with E-state index in [0.717, 1.165) is 87.5 Å². The molecule has 13 heteroatoms. The molecule has 0 bridgehead atoms. The third-order valence-corrected chi connectivity index (χ3v) is 8.95. The number of benzene rings is 1. The van der Waals surface area contributed by atoms with E-state index in [-0.39, 0.29) is 23.2 Å². The van der Waals surface area contributed by atoms with Crippen LogP contribution in [0.2, 0.25) is 5.02 Å². The van der Waals surface area contributed by atoms with Gasteiger partial charge in [-0.15, -0.1) is 0 Å². The molecule has 3 aliphatic rings. The van der Waals surface area contributed by atoms with Crippen LogP contribution in [0.25, 0.3) is 5.65 Å². The first-order chi connectivity index (χ1) is 19.2. The summed E-state index contributed by atoms with van der Waals surface area (Å²) in [6, 6.07) is 8.92. The number of fused-ring (bicyclic) bond motifs is 1. The summed E-state index contributed by atoms with van der Waals surface area (Å²) in [4.78, 5) is 25.4. The SMILES string of the molecule is CN[C@@H]1CCN(c2cc(N3CCC3)nc3cc([C@@H]4CCCCN4C(=O)c4cc(Cl)ccc4NS(C)(=O)=O)nn23)C1. The van der Waals surface area contributed by atoms with Gasteiger partial charge in [0.2, 0.25) is 10.0 Å². The molecule has 0 saturated carbocycles. The molecule has 2 N–H and O–H groups in total. The van der Waals surface area contributed by atoms with Crippen molar-refractivity contribution in [1.82, 2.24) is 24.8 Å². The number of likely N-dealkylation sites (tertiary alicyclic amines) is 1. The van der Waals surface area contributed by atoms with Gasteiger partial charge in [0.1, 0.15) is 11.6 Å². The average Bonchev–Trinajstić information content (AvgIpc) is 3.54. The molecule has 2 aromatic heterocycles. The van der Waals surface area contributed by atoms with Crippen LogP contribution < -0.4 is 19.8 Å². The lowest BCUT2D eigenvalue weighted by Crippen LogP contribution is -2.39. The smallest absolute Gasteiger partial charge is 0.256 e. The molecule has 3 fully saturated rings. The Balaban J connectivity index is 1.38. The first kappa shape index (κ1) is 27.1. The van der Waals surface area contributed by atoms with Crippen LogP contribution in [-0.2, 0) is 10.0 Å². The number of hydrogen-bond acceptors (Lipinski definition) is 8. The number of rotatable bonds is 7. The lowest BCUT2D eigenvalue weighted by atomic mass is 9.98. The quantitative estimate of drug-likeness (QED) is 0.434. The van der Waals surface area contributed by atoms with Crippen molar-refractivity contribution in [2.24, 2.45) is 0 Å². The van der Waals surface area contributed by atoms with Crippen molar-refractivity contribution in [2.45, 2.75) is 44.2 Å². The minimum Gasteiger partial charge on any atom is -0.356 e. The number of amides is 1. The Labute approximate surface area is 239 Å². The Hall–Kier alpha value is -3.09. The van der Waals surface area contributed by atoms with Crippen molar-refractivity contribution in [3.63, 3.8) is 0 Å². The fourth-order valence-electron chi connectivity index (χ4n) is 5.88. The molecular formula is C27H35ClN8O3S. The van der Waals surface area contributed by atoms with Gasteiger partial charge in [-0.1, -0.05) is 11.6 Å². The van der Waals surface area contributed by atoms with Gasteiger partial charge >= 0.3 is 0 Å². The third-order valence-electron chi connectivity index (χ3n) is 8.13. The van der Waals surface area contributed by atoms with Crippen LogP contribution in [0.3, 0.4) is 0 Å². The molecule has 214 valence electrons. The topological polar surface area (TPSA) is 115 Å². The lowest BCUT2D eigenvalue weighted by Gasteiger charge is -2.35. The highest BCUT2D eigenvalue weighted by Crippen LogP contribution is 2.36. The maximum Gasteiger partial charge on any atom is 0.256 e. The van der Waals surface area contributed by atoms with Crippen LogP contribution in [0.1, 0.15) is 54.2 Å². The van der Waals surface area contributed by atoms with Crippen molar-refractivity contribution in [2.75, 3.05) is 60.5 Å². The average molecular weight is 587 g/mol. The van der Waals surface area contributed by atoms with E-state index in [1.165, 1.54) is 12.1 Å².